The highest BCUT2D eigenvalue weighted by molar-refractivity contribution is 5.76. The van der Waals surface area contributed by atoms with Crippen LogP contribution in [0.25, 0.3) is 5.57 Å². The second-order valence-corrected chi connectivity index (χ2v) is 12.0. The number of unbranched alkanes of at least 4 members (excludes halogenated alkanes) is 7. The van der Waals surface area contributed by atoms with Crippen molar-refractivity contribution in [3.8, 4) is 0 Å². The third-order valence-electron chi connectivity index (χ3n) is 8.91. The van der Waals surface area contributed by atoms with Gasteiger partial charge in [0.05, 0.1) is 0 Å². The molecule has 0 radical (unpaired) electrons. The van der Waals surface area contributed by atoms with Gasteiger partial charge in [0.25, 0.3) is 0 Å². The molecule has 2 aliphatic carbocycles. The van der Waals surface area contributed by atoms with Gasteiger partial charge in [0, 0.05) is 5.57 Å². The summed E-state index contributed by atoms with van der Waals surface area (Å²) in [6, 6.07) is 7.41. The maximum absolute atomic E-state index is 3.62. The van der Waals surface area contributed by atoms with Crippen molar-refractivity contribution in [3.05, 3.63) is 70.0 Å². The standard InChI is InChI=1S/C37H56/c1-5-8-10-12-14-20-32-21-16-23-34(28-30(32)4)35-26-27-37(36(29-35)17-7-3)33-22-15-19-31(24-25-33)18-13-11-9-6-2/h16,21,26-29,31,33H,5-15,17-20,22,24-25H2,1-4H3. The number of aryl methyl sites for hydroxylation is 1. The summed E-state index contributed by atoms with van der Waals surface area (Å²) in [6.45, 7) is 9.24. The molecule has 0 heterocycles. The van der Waals surface area contributed by atoms with Crippen LogP contribution in [-0.4, -0.2) is 0 Å². The quantitative estimate of drug-likeness (QED) is 0.128. The van der Waals surface area contributed by atoms with Crippen LogP contribution < -0.4 is 0 Å². The van der Waals surface area contributed by atoms with E-state index in [-0.39, 0.29) is 0 Å². The van der Waals surface area contributed by atoms with E-state index in [9.17, 15) is 0 Å². The molecule has 0 amide bonds. The van der Waals surface area contributed by atoms with Gasteiger partial charge in [-0.3, -0.25) is 0 Å². The molecule has 1 aromatic carbocycles. The van der Waals surface area contributed by atoms with Crippen molar-refractivity contribution in [1.29, 1.82) is 0 Å². The van der Waals surface area contributed by atoms with Gasteiger partial charge in [-0.1, -0.05) is 122 Å². The summed E-state index contributed by atoms with van der Waals surface area (Å²) < 4.78 is 0. The highest BCUT2D eigenvalue weighted by Crippen LogP contribution is 2.38. The zero-order valence-corrected chi connectivity index (χ0v) is 24.8. The van der Waals surface area contributed by atoms with E-state index < -0.39 is 0 Å². The molecule has 204 valence electrons. The number of hydrogen-bond acceptors (Lipinski definition) is 0. The molecule has 0 nitrogen and oxygen atoms in total. The Balaban J connectivity index is 1.66. The summed E-state index contributed by atoms with van der Waals surface area (Å²) >= 11 is 0. The van der Waals surface area contributed by atoms with Gasteiger partial charge >= 0.3 is 0 Å². The lowest BCUT2D eigenvalue weighted by Gasteiger charge is -2.20. The summed E-state index contributed by atoms with van der Waals surface area (Å²) in [5.41, 5.74) is 12.4. The Kier molecular flexibility index (Phi) is 13.6. The van der Waals surface area contributed by atoms with E-state index >= 15 is 0 Å². The maximum atomic E-state index is 3.62. The minimum Gasteiger partial charge on any atom is -0.112 e. The molecular weight excluding hydrogens is 444 g/mol. The topological polar surface area (TPSA) is 0 Å². The summed E-state index contributed by atoms with van der Waals surface area (Å²) in [4.78, 5) is 0. The molecule has 2 unspecified atom stereocenters. The maximum Gasteiger partial charge on any atom is 0.0239 e. The van der Waals surface area contributed by atoms with Gasteiger partial charge in [-0.05, 0) is 97.3 Å². The van der Waals surface area contributed by atoms with Crippen molar-refractivity contribution in [2.75, 3.05) is 0 Å². The van der Waals surface area contributed by atoms with Crippen LogP contribution in [-0.2, 0) is 6.42 Å². The molecule has 1 aromatic rings. The van der Waals surface area contributed by atoms with Gasteiger partial charge < -0.3 is 0 Å². The summed E-state index contributed by atoms with van der Waals surface area (Å²) in [5, 5.41) is 0. The lowest BCUT2D eigenvalue weighted by atomic mass is 9.84. The highest BCUT2D eigenvalue weighted by Gasteiger charge is 2.22. The van der Waals surface area contributed by atoms with Crippen molar-refractivity contribution >= 4 is 5.57 Å². The van der Waals surface area contributed by atoms with Crippen LogP contribution in [0.5, 0.6) is 0 Å². The largest absolute Gasteiger partial charge is 0.112 e. The Bertz CT molecular complexity index is 933. The molecule has 0 aromatic heterocycles. The van der Waals surface area contributed by atoms with Gasteiger partial charge in [0.2, 0.25) is 0 Å². The molecule has 37 heavy (non-hydrogen) atoms. The number of allylic oxidation sites excluding steroid dienone is 5. The predicted molar refractivity (Wildman–Crippen MR) is 165 cm³/mol. The molecule has 2 aliphatic rings. The third-order valence-corrected chi connectivity index (χ3v) is 8.91. The number of benzene rings is 1. The first-order valence-electron chi connectivity index (χ1n) is 16.1. The average Bonchev–Trinajstić information content (AvgIpc) is 3.25. The van der Waals surface area contributed by atoms with E-state index in [1.54, 1.807) is 11.1 Å². The number of hydrogen-bond donors (Lipinski definition) is 0. The van der Waals surface area contributed by atoms with Gasteiger partial charge in [0.1, 0.15) is 0 Å². The fourth-order valence-corrected chi connectivity index (χ4v) is 6.58. The Morgan fingerprint density at radius 3 is 2.35 bits per heavy atom. The van der Waals surface area contributed by atoms with E-state index in [1.807, 2.05) is 0 Å². The van der Waals surface area contributed by atoms with Crippen LogP contribution in [0.2, 0.25) is 0 Å². The summed E-state index contributed by atoms with van der Waals surface area (Å²) in [6.07, 6.45) is 31.4. The van der Waals surface area contributed by atoms with E-state index in [0.29, 0.717) is 0 Å². The van der Waals surface area contributed by atoms with Crippen LogP contribution in [0.3, 0.4) is 0 Å². The second kappa shape index (κ2) is 16.9. The minimum atomic E-state index is 0.758. The van der Waals surface area contributed by atoms with Crippen LogP contribution in [0, 0.1) is 5.92 Å². The van der Waals surface area contributed by atoms with Gasteiger partial charge in [0.15, 0.2) is 0 Å². The average molecular weight is 501 g/mol. The van der Waals surface area contributed by atoms with E-state index in [2.05, 4.69) is 69.9 Å². The molecule has 0 bridgehead atoms. The van der Waals surface area contributed by atoms with E-state index in [1.165, 1.54) is 138 Å². The molecule has 2 atom stereocenters. The first-order valence-corrected chi connectivity index (χ1v) is 16.1. The normalized spacial score (nSPS) is 20.2. The first kappa shape index (κ1) is 29.8. The molecule has 3 rings (SSSR count). The van der Waals surface area contributed by atoms with Crippen molar-refractivity contribution in [3.63, 3.8) is 0 Å². The second-order valence-electron chi connectivity index (χ2n) is 12.0. The van der Waals surface area contributed by atoms with Crippen LogP contribution in [0.4, 0.5) is 0 Å². The molecule has 1 saturated carbocycles. The van der Waals surface area contributed by atoms with E-state index in [0.717, 1.165) is 11.8 Å². The van der Waals surface area contributed by atoms with Gasteiger partial charge in [-0.15, -0.1) is 5.73 Å². The smallest absolute Gasteiger partial charge is 0.0239 e. The highest BCUT2D eigenvalue weighted by atomic mass is 14.3. The van der Waals surface area contributed by atoms with E-state index in [4.69, 9.17) is 0 Å². The van der Waals surface area contributed by atoms with Crippen molar-refractivity contribution in [2.45, 2.75) is 149 Å². The van der Waals surface area contributed by atoms with Crippen LogP contribution >= 0.6 is 0 Å². The Morgan fingerprint density at radius 1 is 0.784 bits per heavy atom. The molecule has 0 saturated heterocycles. The summed E-state index contributed by atoms with van der Waals surface area (Å²) in [7, 11) is 0. The van der Waals surface area contributed by atoms with Crippen molar-refractivity contribution < 1.29 is 0 Å². The monoisotopic (exact) mass is 500 g/mol. The first-order chi connectivity index (χ1) is 18.2. The lowest BCUT2D eigenvalue weighted by molar-refractivity contribution is 0.404. The Labute approximate surface area is 230 Å². The molecule has 0 spiro atoms. The van der Waals surface area contributed by atoms with Crippen molar-refractivity contribution in [1.82, 2.24) is 0 Å². The molecule has 1 fully saturated rings. The fraction of sp³-hybridized carbons (Fsp3) is 0.649. The van der Waals surface area contributed by atoms with Gasteiger partial charge in [-0.25, -0.2) is 0 Å². The third kappa shape index (κ3) is 9.80. The molecule has 0 heteroatoms. The summed E-state index contributed by atoms with van der Waals surface area (Å²) in [5.74, 6) is 1.73. The van der Waals surface area contributed by atoms with Crippen molar-refractivity contribution in [2.24, 2.45) is 5.92 Å². The predicted octanol–water partition coefficient (Wildman–Crippen LogP) is 12.1. The molecular formula is C37H56. The zero-order chi connectivity index (χ0) is 26.3. The molecule has 0 aliphatic heterocycles. The van der Waals surface area contributed by atoms with Crippen LogP contribution in [0.1, 0.15) is 159 Å². The Hall–Kier alpha value is -1.78. The number of rotatable bonds is 15. The lowest BCUT2D eigenvalue weighted by Crippen LogP contribution is -2.04. The van der Waals surface area contributed by atoms with Crippen LogP contribution in [0.15, 0.2) is 53.3 Å². The fourth-order valence-electron chi connectivity index (χ4n) is 6.58. The molecule has 0 N–H and O–H groups in total. The SMILES string of the molecule is CCCCCCCC1=CC=C=C(c2ccc(C3CCCC(CCCCCC)CC3)c(CCC)c2)C=C1C. The Morgan fingerprint density at radius 2 is 1.57 bits per heavy atom. The zero-order valence-electron chi connectivity index (χ0n) is 24.8. The van der Waals surface area contributed by atoms with Gasteiger partial charge in [-0.2, -0.15) is 0 Å². The minimum absolute atomic E-state index is 0.758.